The normalized spacial score (nSPS) is 17.0. The molecule has 1 fully saturated rings. The van der Waals surface area contributed by atoms with Crippen molar-refractivity contribution in [1.29, 1.82) is 0 Å². The Kier molecular flexibility index (Phi) is 7.84. The quantitative estimate of drug-likeness (QED) is 0.658. The van der Waals surface area contributed by atoms with Crippen molar-refractivity contribution in [3.05, 3.63) is 48.2 Å². The van der Waals surface area contributed by atoms with Gasteiger partial charge in [-0.1, -0.05) is 0 Å². The standard InChI is InChI=1S/C22H28N2O5/c1-3-26-18-6-8-19(9-7-18)29-21-13-17(10-11-23-21)14-24-22(25)16(2)28-15-20-5-4-12-27-20/h6-11,13,16,20H,3-5,12,14-15H2,1-2H3,(H,24,25). The molecule has 1 N–H and O–H groups in total. The number of aromatic nitrogens is 1. The second-order valence-electron chi connectivity index (χ2n) is 6.84. The van der Waals surface area contributed by atoms with Crippen LogP contribution in [-0.2, 0) is 20.8 Å². The molecular formula is C22H28N2O5. The number of amides is 1. The van der Waals surface area contributed by atoms with E-state index in [1.165, 1.54) is 0 Å². The number of ether oxygens (including phenoxy) is 4. The van der Waals surface area contributed by atoms with Gasteiger partial charge in [0.1, 0.15) is 17.6 Å². The second kappa shape index (κ2) is 10.8. The van der Waals surface area contributed by atoms with E-state index in [1.54, 1.807) is 19.2 Å². The highest BCUT2D eigenvalue weighted by Crippen LogP contribution is 2.23. The van der Waals surface area contributed by atoms with Crippen LogP contribution < -0.4 is 14.8 Å². The summed E-state index contributed by atoms with van der Waals surface area (Å²) in [6, 6.07) is 11.0. The number of hydrogen-bond donors (Lipinski definition) is 1. The molecule has 3 rings (SSSR count). The van der Waals surface area contributed by atoms with Crippen molar-refractivity contribution in [3.63, 3.8) is 0 Å². The van der Waals surface area contributed by atoms with E-state index >= 15 is 0 Å². The lowest BCUT2D eigenvalue weighted by molar-refractivity contribution is -0.133. The van der Waals surface area contributed by atoms with Gasteiger partial charge in [-0.2, -0.15) is 0 Å². The third kappa shape index (κ3) is 6.73. The van der Waals surface area contributed by atoms with Gasteiger partial charge in [-0.05, 0) is 62.6 Å². The zero-order valence-electron chi connectivity index (χ0n) is 16.9. The number of nitrogens with one attached hydrogen (secondary N) is 1. The Labute approximate surface area is 171 Å². The first kappa shape index (κ1) is 21.1. The minimum Gasteiger partial charge on any atom is -0.494 e. The average Bonchev–Trinajstić information content (AvgIpc) is 3.26. The fraction of sp³-hybridized carbons (Fsp3) is 0.455. The van der Waals surface area contributed by atoms with Crippen LogP contribution in [0.15, 0.2) is 42.6 Å². The van der Waals surface area contributed by atoms with Gasteiger partial charge in [0.15, 0.2) is 0 Å². The van der Waals surface area contributed by atoms with Gasteiger partial charge < -0.3 is 24.3 Å². The fourth-order valence-corrected chi connectivity index (χ4v) is 2.94. The molecule has 0 aliphatic carbocycles. The molecule has 2 aromatic rings. The van der Waals surface area contributed by atoms with E-state index in [9.17, 15) is 4.79 Å². The largest absolute Gasteiger partial charge is 0.494 e. The molecule has 2 atom stereocenters. The van der Waals surface area contributed by atoms with Crippen LogP contribution in [0.4, 0.5) is 0 Å². The Morgan fingerprint density at radius 2 is 2.07 bits per heavy atom. The molecule has 7 nitrogen and oxygen atoms in total. The summed E-state index contributed by atoms with van der Waals surface area (Å²) in [5, 5.41) is 2.88. The monoisotopic (exact) mass is 400 g/mol. The maximum atomic E-state index is 12.2. The molecule has 7 heteroatoms. The van der Waals surface area contributed by atoms with E-state index in [2.05, 4.69) is 10.3 Å². The van der Waals surface area contributed by atoms with Crippen LogP contribution in [0, 0.1) is 0 Å². The van der Waals surface area contributed by atoms with Crippen molar-refractivity contribution in [2.75, 3.05) is 19.8 Å². The minimum atomic E-state index is -0.527. The van der Waals surface area contributed by atoms with Crippen molar-refractivity contribution in [2.24, 2.45) is 0 Å². The first-order valence-corrected chi connectivity index (χ1v) is 10.0. The van der Waals surface area contributed by atoms with Crippen LogP contribution in [-0.4, -0.2) is 42.9 Å². The van der Waals surface area contributed by atoms with Gasteiger partial charge in [0, 0.05) is 25.4 Å². The van der Waals surface area contributed by atoms with Crippen LogP contribution in [0.1, 0.15) is 32.3 Å². The minimum absolute atomic E-state index is 0.104. The van der Waals surface area contributed by atoms with Crippen molar-refractivity contribution in [1.82, 2.24) is 10.3 Å². The smallest absolute Gasteiger partial charge is 0.249 e. The number of carbonyl (C=O) groups excluding carboxylic acids is 1. The number of benzene rings is 1. The van der Waals surface area contributed by atoms with Gasteiger partial charge in [-0.15, -0.1) is 0 Å². The number of nitrogens with zero attached hydrogens (tertiary/aromatic N) is 1. The Bertz CT molecular complexity index is 775. The van der Waals surface area contributed by atoms with Gasteiger partial charge >= 0.3 is 0 Å². The van der Waals surface area contributed by atoms with Crippen LogP contribution >= 0.6 is 0 Å². The molecule has 1 aromatic heterocycles. The number of rotatable bonds is 10. The SMILES string of the molecule is CCOc1ccc(Oc2cc(CNC(=O)C(C)OCC3CCCO3)ccn2)cc1. The first-order chi connectivity index (χ1) is 14.1. The molecular weight excluding hydrogens is 372 g/mol. The predicted molar refractivity (Wildman–Crippen MR) is 108 cm³/mol. The van der Waals surface area contributed by atoms with Gasteiger partial charge in [-0.3, -0.25) is 4.79 Å². The van der Waals surface area contributed by atoms with Crippen molar-refractivity contribution >= 4 is 5.91 Å². The molecule has 0 spiro atoms. The van der Waals surface area contributed by atoms with E-state index in [1.807, 2.05) is 37.3 Å². The van der Waals surface area contributed by atoms with Crippen molar-refractivity contribution in [3.8, 4) is 17.4 Å². The van der Waals surface area contributed by atoms with E-state index < -0.39 is 6.10 Å². The van der Waals surface area contributed by atoms with Crippen molar-refractivity contribution < 1.29 is 23.7 Å². The fourth-order valence-electron chi connectivity index (χ4n) is 2.94. The lowest BCUT2D eigenvalue weighted by Crippen LogP contribution is -2.35. The van der Waals surface area contributed by atoms with Crippen LogP contribution in [0.2, 0.25) is 0 Å². The molecule has 2 heterocycles. The van der Waals surface area contributed by atoms with Crippen LogP contribution in [0.5, 0.6) is 17.4 Å². The topological polar surface area (TPSA) is 78.9 Å². The summed E-state index contributed by atoms with van der Waals surface area (Å²) in [5.41, 5.74) is 0.889. The number of carbonyl (C=O) groups is 1. The molecule has 1 aliphatic rings. The van der Waals surface area contributed by atoms with Gasteiger partial charge in [0.05, 0.1) is 19.3 Å². The maximum Gasteiger partial charge on any atom is 0.249 e. The zero-order chi connectivity index (χ0) is 20.5. The molecule has 1 saturated heterocycles. The van der Waals surface area contributed by atoms with Crippen molar-refractivity contribution in [2.45, 2.75) is 45.4 Å². The van der Waals surface area contributed by atoms with E-state index in [0.717, 1.165) is 30.8 Å². The second-order valence-corrected chi connectivity index (χ2v) is 6.84. The molecule has 1 amide bonds. The number of hydrogen-bond acceptors (Lipinski definition) is 6. The highest BCUT2D eigenvalue weighted by molar-refractivity contribution is 5.80. The summed E-state index contributed by atoms with van der Waals surface area (Å²) in [7, 11) is 0. The molecule has 156 valence electrons. The van der Waals surface area contributed by atoms with Gasteiger partial charge in [0.25, 0.3) is 0 Å². The van der Waals surface area contributed by atoms with E-state index in [-0.39, 0.29) is 12.0 Å². The van der Waals surface area contributed by atoms with Crippen LogP contribution in [0.3, 0.4) is 0 Å². The zero-order valence-corrected chi connectivity index (χ0v) is 16.9. The molecule has 1 aliphatic heterocycles. The third-order valence-electron chi connectivity index (χ3n) is 4.55. The molecule has 0 saturated carbocycles. The van der Waals surface area contributed by atoms with Gasteiger partial charge in [-0.25, -0.2) is 4.98 Å². The Morgan fingerprint density at radius 1 is 1.28 bits per heavy atom. The summed E-state index contributed by atoms with van der Waals surface area (Å²) in [6.45, 7) is 5.90. The summed E-state index contributed by atoms with van der Waals surface area (Å²) >= 11 is 0. The van der Waals surface area contributed by atoms with Crippen LogP contribution in [0.25, 0.3) is 0 Å². The summed E-state index contributed by atoms with van der Waals surface area (Å²) < 4.78 is 22.3. The lowest BCUT2D eigenvalue weighted by Gasteiger charge is -2.16. The Morgan fingerprint density at radius 3 is 2.79 bits per heavy atom. The van der Waals surface area contributed by atoms with Gasteiger partial charge in [0.2, 0.25) is 11.8 Å². The molecule has 0 bridgehead atoms. The Hall–Kier alpha value is -2.64. The molecule has 29 heavy (non-hydrogen) atoms. The maximum absolute atomic E-state index is 12.2. The predicted octanol–water partition coefficient (Wildman–Crippen LogP) is 3.47. The third-order valence-corrected chi connectivity index (χ3v) is 4.55. The number of pyridine rings is 1. The highest BCUT2D eigenvalue weighted by Gasteiger charge is 2.19. The van der Waals surface area contributed by atoms with E-state index in [0.29, 0.717) is 31.4 Å². The summed E-state index contributed by atoms with van der Waals surface area (Å²) in [5.74, 6) is 1.76. The molecule has 0 radical (unpaired) electrons. The molecule has 2 unspecified atom stereocenters. The summed E-state index contributed by atoms with van der Waals surface area (Å²) in [6.07, 6.45) is 3.27. The highest BCUT2D eigenvalue weighted by atomic mass is 16.5. The Balaban J connectivity index is 1.46. The van der Waals surface area contributed by atoms with E-state index in [4.69, 9.17) is 18.9 Å². The first-order valence-electron chi connectivity index (χ1n) is 10.0. The molecule has 1 aromatic carbocycles. The average molecular weight is 400 g/mol. The lowest BCUT2D eigenvalue weighted by atomic mass is 10.2. The summed E-state index contributed by atoms with van der Waals surface area (Å²) in [4.78, 5) is 16.5.